The fourth-order valence-corrected chi connectivity index (χ4v) is 4.61. The van der Waals surface area contributed by atoms with Crippen LogP contribution in [0.2, 0.25) is 0 Å². The molecule has 0 radical (unpaired) electrons. The van der Waals surface area contributed by atoms with Gasteiger partial charge in [0.15, 0.2) is 0 Å². The zero-order valence-electron chi connectivity index (χ0n) is 15.3. The predicted molar refractivity (Wildman–Crippen MR) is 101 cm³/mol. The number of aromatic nitrogens is 1. The number of benzene rings is 1. The van der Waals surface area contributed by atoms with Crippen molar-refractivity contribution < 1.29 is 0 Å². The number of pyridine rings is 1. The van der Waals surface area contributed by atoms with Crippen molar-refractivity contribution in [3.8, 4) is 0 Å². The third kappa shape index (κ3) is 3.01. The van der Waals surface area contributed by atoms with Crippen LogP contribution in [0.1, 0.15) is 79.0 Å². The molecule has 0 aliphatic heterocycles. The highest BCUT2D eigenvalue weighted by atomic mass is 14.7. The summed E-state index contributed by atoms with van der Waals surface area (Å²) in [6.45, 7) is 6.97. The Morgan fingerprint density at radius 2 is 1.75 bits per heavy atom. The lowest BCUT2D eigenvalue weighted by atomic mass is 9.88. The minimum absolute atomic E-state index is 0.618. The lowest BCUT2D eigenvalue weighted by Gasteiger charge is -2.17. The monoisotopic (exact) mass is 319 g/mol. The lowest BCUT2D eigenvalue weighted by Crippen LogP contribution is -2.06. The first-order valence-electron chi connectivity index (χ1n) is 9.69. The normalized spacial score (nSPS) is 20.2. The van der Waals surface area contributed by atoms with Crippen molar-refractivity contribution in [2.45, 2.75) is 71.1 Å². The van der Waals surface area contributed by atoms with Gasteiger partial charge in [-0.3, -0.25) is 4.98 Å². The summed E-state index contributed by atoms with van der Waals surface area (Å²) >= 11 is 0. The van der Waals surface area contributed by atoms with Crippen LogP contribution in [0.4, 0.5) is 0 Å². The van der Waals surface area contributed by atoms with Crippen molar-refractivity contribution >= 4 is 0 Å². The fraction of sp³-hybridized carbons (Fsp3) is 0.522. The van der Waals surface area contributed by atoms with Crippen molar-refractivity contribution in [1.29, 1.82) is 0 Å². The molecule has 0 amide bonds. The van der Waals surface area contributed by atoms with Gasteiger partial charge < -0.3 is 0 Å². The third-order valence-corrected chi connectivity index (χ3v) is 6.11. The van der Waals surface area contributed by atoms with E-state index in [4.69, 9.17) is 4.98 Å². The molecule has 2 aliphatic carbocycles. The minimum atomic E-state index is 0.618. The highest BCUT2D eigenvalue weighted by Gasteiger charge is 2.25. The van der Waals surface area contributed by atoms with Crippen LogP contribution in [-0.4, -0.2) is 4.98 Å². The molecule has 126 valence electrons. The molecule has 1 aromatic carbocycles. The molecule has 2 atom stereocenters. The largest absolute Gasteiger partial charge is 0.261 e. The van der Waals surface area contributed by atoms with Crippen LogP contribution in [0.3, 0.4) is 0 Å². The Hall–Kier alpha value is -1.63. The Morgan fingerprint density at radius 1 is 0.958 bits per heavy atom. The summed E-state index contributed by atoms with van der Waals surface area (Å²) in [6.07, 6.45) is 9.65. The average molecular weight is 319 g/mol. The number of aryl methyl sites for hydroxylation is 2. The summed E-state index contributed by atoms with van der Waals surface area (Å²) < 4.78 is 0. The first kappa shape index (κ1) is 15.9. The van der Waals surface area contributed by atoms with E-state index >= 15 is 0 Å². The fourth-order valence-electron chi connectivity index (χ4n) is 4.61. The molecule has 2 unspecified atom stereocenters. The van der Waals surface area contributed by atoms with Gasteiger partial charge in [-0.15, -0.1) is 0 Å². The van der Waals surface area contributed by atoms with E-state index in [9.17, 15) is 0 Å². The van der Waals surface area contributed by atoms with Gasteiger partial charge in [0, 0.05) is 11.9 Å². The topological polar surface area (TPSA) is 12.9 Å². The molecule has 0 N–H and O–H groups in total. The SMILES string of the molecule is CC(C)c1ccc2c(c1)CC(CC(C)c1cnc3c(c1)CCC3)C2. The second kappa shape index (κ2) is 6.35. The van der Waals surface area contributed by atoms with E-state index in [1.165, 1.54) is 60.9 Å². The number of hydrogen-bond acceptors (Lipinski definition) is 1. The van der Waals surface area contributed by atoms with Gasteiger partial charge in [0.05, 0.1) is 0 Å². The standard InChI is InChI=1S/C23H29N/c1-15(2)18-7-8-19-10-17(11-21(19)12-18)9-16(3)22-13-20-5-4-6-23(20)24-14-22/h7-8,12-17H,4-6,9-11H2,1-3H3. The van der Waals surface area contributed by atoms with E-state index in [1.54, 1.807) is 11.1 Å². The predicted octanol–water partition coefficient (Wildman–Crippen LogP) is 5.60. The summed E-state index contributed by atoms with van der Waals surface area (Å²) in [5.41, 5.74) is 8.99. The van der Waals surface area contributed by atoms with E-state index < -0.39 is 0 Å². The van der Waals surface area contributed by atoms with E-state index in [2.05, 4.69) is 51.2 Å². The summed E-state index contributed by atoms with van der Waals surface area (Å²) in [4.78, 5) is 4.73. The van der Waals surface area contributed by atoms with E-state index in [0.717, 1.165) is 5.92 Å². The zero-order chi connectivity index (χ0) is 16.7. The average Bonchev–Trinajstić information content (AvgIpc) is 3.18. The molecule has 0 saturated heterocycles. The van der Waals surface area contributed by atoms with Crippen molar-refractivity contribution in [2.75, 3.05) is 0 Å². The molecule has 1 heterocycles. The maximum atomic E-state index is 4.73. The number of fused-ring (bicyclic) bond motifs is 2. The Morgan fingerprint density at radius 3 is 2.58 bits per heavy atom. The third-order valence-electron chi connectivity index (χ3n) is 6.11. The molecular weight excluding hydrogens is 290 g/mol. The molecule has 0 spiro atoms. The zero-order valence-corrected chi connectivity index (χ0v) is 15.3. The van der Waals surface area contributed by atoms with E-state index in [1.807, 2.05) is 0 Å². The van der Waals surface area contributed by atoms with Gasteiger partial charge in [0.25, 0.3) is 0 Å². The Kier molecular flexibility index (Phi) is 4.20. The molecule has 1 heteroatoms. The van der Waals surface area contributed by atoms with Gasteiger partial charge in [-0.1, -0.05) is 45.0 Å². The van der Waals surface area contributed by atoms with Crippen molar-refractivity contribution in [3.63, 3.8) is 0 Å². The number of rotatable bonds is 4. The maximum absolute atomic E-state index is 4.73. The van der Waals surface area contributed by atoms with Gasteiger partial charge >= 0.3 is 0 Å². The van der Waals surface area contributed by atoms with Crippen LogP contribution >= 0.6 is 0 Å². The van der Waals surface area contributed by atoms with Gasteiger partial charge in [0.2, 0.25) is 0 Å². The molecule has 1 aromatic heterocycles. The van der Waals surface area contributed by atoms with Crippen molar-refractivity contribution in [3.05, 3.63) is 64.0 Å². The highest BCUT2D eigenvalue weighted by molar-refractivity contribution is 5.37. The molecule has 4 rings (SSSR count). The Balaban J connectivity index is 1.44. The molecular formula is C23H29N. The second-order valence-electron chi connectivity index (χ2n) is 8.32. The minimum Gasteiger partial charge on any atom is -0.261 e. The molecule has 0 bridgehead atoms. The number of hydrogen-bond donors (Lipinski definition) is 0. The Labute approximate surface area is 146 Å². The van der Waals surface area contributed by atoms with E-state index in [0.29, 0.717) is 11.8 Å². The first-order valence-corrected chi connectivity index (χ1v) is 9.69. The smallest absolute Gasteiger partial charge is 0.0435 e. The molecule has 24 heavy (non-hydrogen) atoms. The van der Waals surface area contributed by atoms with E-state index in [-0.39, 0.29) is 0 Å². The summed E-state index contributed by atoms with van der Waals surface area (Å²) in [6, 6.07) is 9.62. The Bertz CT molecular complexity index is 744. The van der Waals surface area contributed by atoms with Gasteiger partial charge in [0.1, 0.15) is 0 Å². The van der Waals surface area contributed by atoms with Gasteiger partial charge in [-0.05, 0) is 84.1 Å². The summed E-state index contributed by atoms with van der Waals surface area (Å²) in [7, 11) is 0. The molecule has 2 aliphatic rings. The first-order chi connectivity index (χ1) is 11.6. The molecule has 2 aromatic rings. The summed E-state index contributed by atoms with van der Waals surface area (Å²) in [5.74, 6) is 2.05. The lowest BCUT2D eigenvalue weighted by molar-refractivity contribution is 0.468. The summed E-state index contributed by atoms with van der Waals surface area (Å²) in [5, 5.41) is 0. The molecule has 0 fully saturated rings. The molecule has 1 nitrogen and oxygen atoms in total. The van der Waals surface area contributed by atoms with Gasteiger partial charge in [-0.25, -0.2) is 0 Å². The quantitative estimate of drug-likeness (QED) is 0.714. The molecule has 0 saturated carbocycles. The van der Waals surface area contributed by atoms with Crippen LogP contribution in [0.15, 0.2) is 30.5 Å². The second-order valence-corrected chi connectivity index (χ2v) is 8.32. The van der Waals surface area contributed by atoms with Crippen LogP contribution in [0.5, 0.6) is 0 Å². The van der Waals surface area contributed by atoms with Crippen LogP contribution in [0.25, 0.3) is 0 Å². The number of nitrogens with zero attached hydrogens (tertiary/aromatic N) is 1. The van der Waals surface area contributed by atoms with Crippen LogP contribution in [0, 0.1) is 5.92 Å². The van der Waals surface area contributed by atoms with Crippen LogP contribution < -0.4 is 0 Å². The van der Waals surface area contributed by atoms with Crippen molar-refractivity contribution in [2.24, 2.45) is 5.92 Å². The van der Waals surface area contributed by atoms with Crippen LogP contribution in [-0.2, 0) is 25.7 Å². The highest BCUT2D eigenvalue weighted by Crippen LogP contribution is 2.35. The maximum Gasteiger partial charge on any atom is 0.0435 e. The van der Waals surface area contributed by atoms with Crippen molar-refractivity contribution in [1.82, 2.24) is 4.98 Å². The van der Waals surface area contributed by atoms with Gasteiger partial charge in [-0.2, -0.15) is 0 Å².